The molecule has 2 aromatic carbocycles. The highest BCUT2D eigenvalue weighted by Crippen LogP contribution is 2.24. The average Bonchev–Trinajstić information content (AvgIpc) is 3.09. The number of primary sulfonamides is 1. The highest BCUT2D eigenvalue weighted by molar-refractivity contribution is 7.89. The van der Waals surface area contributed by atoms with Crippen molar-refractivity contribution >= 4 is 10.0 Å². The standard InChI is InChI=1S/C19H21N3O3S/c1-14(15-8-10-18(11-9-15)26(20,23)24)22(2)13-17-12-19(21-25-17)16-6-4-3-5-7-16/h3-12,14H,13H2,1-2H3,(H2,20,23,24). The summed E-state index contributed by atoms with van der Waals surface area (Å²) in [6.45, 7) is 2.62. The highest BCUT2D eigenvalue weighted by Gasteiger charge is 2.16. The number of benzene rings is 2. The molecule has 0 aliphatic carbocycles. The summed E-state index contributed by atoms with van der Waals surface area (Å²) in [5, 5.41) is 9.27. The topological polar surface area (TPSA) is 89.4 Å². The summed E-state index contributed by atoms with van der Waals surface area (Å²) < 4.78 is 28.2. The minimum Gasteiger partial charge on any atom is -0.359 e. The SMILES string of the molecule is CC(c1ccc(S(N)(=O)=O)cc1)N(C)Cc1cc(-c2ccccc2)no1. The van der Waals surface area contributed by atoms with Gasteiger partial charge in [0, 0.05) is 17.7 Å². The molecule has 6 nitrogen and oxygen atoms in total. The monoisotopic (exact) mass is 371 g/mol. The quantitative estimate of drug-likeness (QED) is 0.719. The molecule has 7 heteroatoms. The summed E-state index contributed by atoms with van der Waals surface area (Å²) in [4.78, 5) is 2.21. The molecule has 0 aliphatic heterocycles. The number of aromatic nitrogens is 1. The van der Waals surface area contributed by atoms with Crippen molar-refractivity contribution in [1.82, 2.24) is 10.1 Å². The first-order valence-electron chi connectivity index (χ1n) is 8.18. The van der Waals surface area contributed by atoms with E-state index >= 15 is 0 Å². The summed E-state index contributed by atoms with van der Waals surface area (Å²) in [6.07, 6.45) is 0. The molecule has 0 amide bonds. The third-order valence-corrected chi connectivity index (χ3v) is 5.32. The Morgan fingerprint density at radius 3 is 2.38 bits per heavy atom. The normalized spacial score (nSPS) is 13.1. The molecule has 1 unspecified atom stereocenters. The largest absolute Gasteiger partial charge is 0.359 e. The molecule has 136 valence electrons. The third kappa shape index (κ3) is 4.19. The van der Waals surface area contributed by atoms with Gasteiger partial charge in [0.15, 0.2) is 5.76 Å². The molecule has 0 bridgehead atoms. The van der Waals surface area contributed by atoms with E-state index in [4.69, 9.17) is 9.66 Å². The number of sulfonamides is 1. The molecule has 3 aromatic rings. The second-order valence-electron chi connectivity index (χ2n) is 6.25. The lowest BCUT2D eigenvalue weighted by Gasteiger charge is -2.24. The summed E-state index contributed by atoms with van der Waals surface area (Å²) in [6, 6.07) is 18.5. The smallest absolute Gasteiger partial charge is 0.238 e. The van der Waals surface area contributed by atoms with Gasteiger partial charge in [0.1, 0.15) is 5.69 Å². The lowest BCUT2D eigenvalue weighted by Crippen LogP contribution is -2.21. The number of nitrogens with zero attached hydrogens (tertiary/aromatic N) is 2. The van der Waals surface area contributed by atoms with Gasteiger partial charge in [0.05, 0.1) is 11.4 Å². The van der Waals surface area contributed by atoms with E-state index < -0.39 is 10.0 Å². The number of hydrogen-bond donors (Lipinski definition) is 1. The predicted octanol–water partition coefficient (Wildman–Crippen LogP) is 3.18. The van der Waals surface area contributed by atoms with Gasteiger partial charge in [-0.2, -0.15) is 0 Å². The molecule has 1 heterocycles. The summed E-state index contributed by atoms with van der Waals surface area (Å²) in [5.74, 6) is 0.763. The summed E-state index contributed by atoms with van der Waals surface area (Å²) in [5.41, 5.74) is 2.80. The molecule has 0 aliphatic rings. The number of hydrogen-bond acceptors (Lipinski definition) is 5. The van der Waals surface area contributed by atoms with Gasteiger partial charge in [-0.3, -0.25) is 4.90 Å². The third-order valence-electron chi connectivity index (χ3n) is 4.39. The minimum absolute atomic E-state index is 0.0646. The van der Waals surface area contributed by atoms with Crippen LogP contribution in [0, 0.1) is 0 Å². The van der Waals surface area contributed by atoms with Crippen molar-refractivity contribution in [2.24, 2.45) is 5.14 Å². The Balaban J connectivity index is 1.70. The van der Waals surface area contributed by atoms with Crippen LogP contribution in [-0.2, 0) is 16.6 Å². The molecule has 0 fully saturated rings. The second-order valence-corrected chi connectivity index (χ2v) is 7.81. The Bertz CT molecular complexity index is 967. The zero-order valence-electron chi connectivity index (χ0n) is 14.7. The van der Waals surface area contributed by atoms with Gasteiger partial charge in [0.2, 0.25) is 10.0 Å². The van der Waals surface area contributed by atoms with Gasteiger partial charge in [-0.15, -0.1) is 0 Å². The fourth-order valence-electron chi connectivity index (χ4n) is 2.71. The van der Waals surface area contributed by atoms with Crippen molar-refractivity contribution in [1.29, 1.82) is 0 Å². The number of rotatable bonds is 6. The van der Waals surface area contributed by atoms with Crippen LogP contribution in [0.3, 0.4) is 0 Å². The van der Waals surface area contributed by atoms with Crippen molar-refractivity contribution in [2.75, 3.05) is 7.05 Å². The van der Waals surface area contributed by atoms with E-state index in [1.165, 1.54) is 12.1 Å². The lowest BCUT2D eigenvalue weighted by atomic mass is 10.1. The molecular weight excluding hydrogens is 350 g/mol. The molecule has 0 spiro atoms. The van der Waals surface area contributed by atoms with Crippen LogP contribution in [0.4, 0.5) is 0 Å². The van der Waals surface area contributed by atoms with Crippen LogP contribution >= 0.6 is 0 Å². The van der Waals surface area contributed by atoms with Gasteiger partial charge in [-0.25, -0.2) is 13.6 Å². The lowest BCUT2D eigenvalue weighted by molar-refractivity contribution is 0.221. The van der Waals surface area contributed by atoms with E-state index in [2.05, 4.69) is 10.1 Å². The molecule has 26 heavy (non-hydrogen) atoms. The first-order valence-corrected chi connectivity index (χ1v) is 9.73. The van der Waals surface area contributed by atoms with Gasteiger partial charge < -0.3 is 4.52 Å². The van der Waals surface area contributed by atoms with E-state index in [0.717, 1.165) is 22.6 Å². The fourth-order valence-corrected chi connectivity index (χ4v) is 3.22. The average molecular weight is 371 g/mol. The Morgan fingerprint density at radius 1 is 1.12 bits per heavy atom. The maximum absolute atomic E-state index is 11.4. The molecular formula is C19H21N3O3S. The van der Waals surface area contributed by atoms with Crippen LogP contribution in [0.1, 0.15) is 24.3 Å². The van der Waals surface area contributed by atoms with E-state index in [9.17, 15) is 8.42 Å². The van der Waals surface area contributed by atoms with E-state index in [1.54, 1.807) is 12.1 Å². The molecule has 0 radical (unpaired) electrons. The highest BCUT2D eigenvalue weighted by atomic mass is 32.2. The summed E-state index contributed by atoms with van der Waals surface area (Å²) >= 11 is 0. The van der Waals surface area contributed by atoms with Gasteiger partial charge >= 0.3 is 0 Å². The first kappa shape index (κ1) is 18.3. The maximum atomic E-state index is 11.4. The van der Waals surface area contributed by atoms with Crippen LogP contribution in [0.5, 0.6) is 0 Å². The molecule has 2 N–H and O–H groups in total. The van der Waals surface area contributed by atoms with E-state index in [1.807, 2.05) is 50.4 Å². The van der Waals surface area contributed by atoms with Crippen LogP contribution in [0.25, 0.3) is 11.3 Å². The van der Waals surface area contributed by atoms with Crippen LogP contribution < -0.4 is 5.14 Å². The Morgan fingerprint density at radius 2 is 1.77 bits per heavy atom. The van der Waals surface area contributed by atoms with Crippen molar-refractivity contribution in [3.63, 3.8) is 0 Å². The minimum atomic E-state index is -3.67. The van der Waals surface area contributed by atoms with Gasteiger partial charge in [0.25, 0.3) is 0 Å². The summed E-state index contributed by atoms with van der Waals surface area (Å²) in [7, 11) is -1.70. The van der Waals surface area contributed by atoms with Crippen LogP contribution in [-0.4, -0.2) is 25.5 Å². The van der Waals surface area contributed by atoms with Crippen molar-refractivity contribution < 1.29 is 12.9 Å². The molecule has 3 rings (SSSR count). The van der Waals surface area contributed by atoms with E-state index in [-0.39, 0.29) is 10.9 Å². The van der Waals surface area contributed by atoms with Crippen molar-refractivity contribution in [3.8, 4) is 11.3 Å². The Hall–Kier alpha value is -2.48. The van der Waals surface area contributed by atoms with Crippen molar-refractivity contribution in [3.05, 3.63) is 72.0 Å². The molecule has 1 atom stereocenters. The maximum Gasteiger partial charge on any atom is 0.238 e. The molecule has 0 saturated heterocycles. The van der Waals surface area contributed by atoms with Crippen LogP contribution in [0.15, 0.2) is 70.1 Å². The Labute approximate surface area is 153 Å². The van der Waals surface area contributed by atoms with E-state index in [0.29, 0.717) is 6.54 Å². The first-order chi connectivity index (χ1) is 12.3. The predicted molar refractivity (Wildman–Crippen MR) is 99.6 cm³/mol. The van der Waals surface area contributed by atoms with Gasteiger partial charge in [-0.1, -0.05) is 47.6 Å². The van der Waals surface area contributed by atoms with Crippen molar-refractivity contribution in [2.45, 2.75) is 24.4 Å². The zero-order chi connectivity index (χ0) is 18.7. The number of nitrogens with two attached hydrogens (primary N) is 1. The second kappa shape index (κ2) is 7.41. The van der Waals surface area contributed by atoms with Gasteiger partial charge in [-0.05, 0) is 31.7 Å². The fraction of sp³-hybridized carbons (Fsp3) is 0.211. The molecule has 0 saturated carbocycles. The van der Waals surface area contributed by atoms with Crippen LogP contribution in [0.2, 0.25) is 0 Å². The zero-order valence-corrected chi connectivity index (χ0v) is 15.5. The molecule has 1 aromatic heterocycles. The Kier molecular flexibility index (Phi) is 5.22.